The number of rotatable bonds is 9. The summed E-state index contributed by atoms with van der Waals surface area (Å²) in [7, 11) is 0. The van der Waals surface area contributed by atoms with Crippen LogP contribution in [-0.2, 0) is 14.3 Å². The fourth-order valence-corrected chi connectivity index (χ4v) is 6.64. The third-order valence-corrected chi connectivity index (χ3v) is 9.24. The second kappa shape index (κ2) is 14.7. The number of hydrogen-bond acceptors (Lipinski definition) is 6. The molecular formula is C41H43N3O4. The van der Waals surface area contributed by atoms with Gasteiger partial charge in [0.25, 0.3) is 5.91 Å². The smallest absolute Gasteiger partial charge is 0.340 e. The molecule has 0 bridgehead atoms. The van der Waals surface area contributed by atoms with Gasteiger partial charge in [-0.15, -0.1) is 0 Å². The highest BCUT2D eigenvalue weighted by Crippen LogP contribution is 2.37. The highest BCUT2D eigenvalue weighted by Gasteiger charge is 2.36. The van der Waals surface area contributed by atoms with E-state index in [2.05, 4.69) is 49.9 Å². The third-order valence-electron chi connectivity index (χ3n) is 9.24. The molecular weight excluding hydrogens is 598 g/mol. The zero-order valence-electron chi connectivity index (χ0n) is 28.1. The molecule has 1 saturated carbocycles. The van der Waals surface area contributed by atoms with Crippen molar-refractivity contribution in [2.75, 3.05) is 11.4 Å². The zero-order valence-corrected chi connectivity index (χ0v) is 28.1. The van der Waals surface area contributed by atoms with Crippen LogP contribution in [0.2, 0.25) is 0 Å². The Morgan fingerprint density at radius 3 is 2.12 bits per heavy atom. The highest BCUT2D eigenvalue weighted by molar-refractivity contribution is 6.12. The van der Waals surface area contributed by atoms with E-state index in [9.17, 15) is 9.59 Å². The summed E-state index contributed by atoms with van der Waals surface area (Å²) in [6, 6.07) is 35.6. The molecule has 0 N–H and O–H groups in total. The summed E-state index contributed by atoms with van der Waals surface area (Å²) in [6.07, 6.45) is 4.66. The van der Waals surface area contributed by atoms with E-state index in [1.165, 1.54) is 4.90 Å². The Morgan fingerprint density at radius 1 is 0.896 bits per heavy atom. The molecule has 6 rings (SSSR count). The first-order chi connectivity index (χ1) is 23.3. The third kappa shape index (κ3) is 7.20. The van der Waals surface area contributed by atoms with Crippen LogP contribution in [0, 0.1) is 17.8 Å². The van der Waals surface area contributed by atoms with Crippen LogP contribution in [0.4, 0.5) is 22.7 Å². The number of amidine groups is 1. The molecule has 2 aliphatic rings. The maximum absolute atomic E-state index is 13.5. The maximum Gasteiger partial charge on any atom is 0.340 e. The van der Waals surface area contributed by atoms with E-state index < -0.39 is 5.97 Å². The van der Waals surface area contributed by atoms with Gasteiger partial charge in [0, 0.05) is 23.6 Å². The van der Waals surface area contributed by atoms with Crippen molar-refractivity contribution in [3.8, 4) is 0 Å². The van der Waals surface area contributed by atoms with Crippen molar-refractivity contribution in [2.45, 2.75) is 53.1 Å². The molecule has 3 atom stereocenters. The van der Waals surface area contributed by atoms with E-state index in [-0.39, 0.29) is 23.8 Å². The summed E-state index contributed by atoms with van der Waals surface area (Å²) in [5, 5.41) is 0. The zero-order chi connectivity index (χ0) is 33.6. The molecule has 1 amide bonds. The average Bonchev–Trinajstić information content (AvgIpc) is 3.39. The summed E-state index contributed by atoms with van der Waals surface area (Å²) in [4.78, 5) is 35.3. The second-order valence-electron chi connectivity index (χ2n) is 12.9. The summed E-state index contributed by atoms with van der Waals surface area (Å²) < 4.78 is 12.2. The van der Waals surface area contributed by atoms with Crippen LogP contribution in [0.1, 0.15) is 62.9 Å². The monoisotopic (exact) mass is 641 g/mol. The number of para-hydroxylation sites is 3. The van der Waals surface area contributed by atoms with Gasteiger partial charge in [-0.1, -0.05) is 87.9 Å². The summed E-state index contributed by atoms with van der Waals surface area (Å²) in [5.74, 6) is 0.751. The average molecular weight is 642 g/mol. The molecule has 246 valence electrons. The number of nitrogens with zero attached hydrogens (tertiary/aromatic N) is 3. The topological polar surface area (TPSA) is 71.4 Å². The first-order valence-corrected chi connectivity index (χ1v) is 16.9. The van der Waals surface area contributed by atoms with Crippen molar-refractivity contribution >= 4 is 46.7 Å². The molecule has 0 spiro atoms. The Kier molecular flexibility index (Phi) is 10.0. The van der Waals surface area contributed by atoms with E-state index in [0.717, 1.165) is 41.9 Å². The van der Waals surface area contributed by atoms with Gasteiger partial charge in [0.05, 0.1) is 11.3 Å². The number of hydrogen-bond donors (Lipinski definition) is 0. The molecule has 3 unspecified atom stereocenters. The van der Waals surface area contributed by atoms with Crippen LogP contribution in [0.5, 0.6) is 0 Å². The van der Waals surface area contributed by atoms with Gasteiger partial charge >= 0.3 is 12.0 Å². The minimum atomic E-state index is -0.400. The van der Waals surface area contributed by atoms with Gasteiger partial charge < -0.3 is 14.4 Å². The normalized spacial score (nSPS) is 21.1. The molecule has 0 aromatic heterocycles. The lowest BCUT2D eigenvalue weighted by atomic mass is 9.75. The van der Waals surface area contributed by atoms with Gasteiger partial charge in [-0.05, 0) is 97.7 Å². The maximum atomic E-state index is 13.5. The van der Waals surface area contributed by atoms with Crippen molar-refractivity contribution < 1.29 is 19.1 Å². The van der Waals surface area contributed by atoms with Gasteiger partial charge in [0.15, 0.2) is 5.76 Å². The summed E-state index contributed by atoms with van der Waals surface area (Å²) >= 11 is 0. The van der Waals surface area contributed by atoms with Crippen molar-refractivity contribution in [2.24, 2.45) is 22.7 Å². The molecule has 7 heteroatoms. The fraction of sp³-hybridized carbons (Fsp3) is 0.293. The first kappa shape index (κ1) is 32.8. The number of esters is 1. The number of amides is 1. The molecule has 4 aromatic carbocycles. The van der Waals surface area contributed by atoms with Crippen LogP contribution in [0.15, 0.2) is 120 Å². The van der Waals surface area contributed by atoms with Gasteiger partial charge in [-0.3, -0.25) is 9.69 Å². The molecule has 7 nitrogen and oxygen atoms in total. The molecule has 1 heterocycles. The predicted molar refractivity (Wildman–Crippen MR) is 192 cm³/mol. The quantitative estimate of drug-likeness (QED) is 0.134. The van der Waals surface area contributed by atoms with E-state index >= 15 is 0 Å². The molecule has 0 radical (unpaired) electrons. The van der Waals surface area contributed by atoms with E-state index in [4.69, 9.17) is 14.5 Å². The van der Waals surface area contributed by atoms with Crippen molar-refractivity contribution in [1.82, 2.24) is 4.90 Å². The van der Waals surface area contributed by atoms with Crippen LogP contribution in [0.3, 0.4) is 0 Å². The Balaban J connectivity index is 1.24. The lowest BCUT2D eigenvalue weighted by Crippen LogP contribution is -2.35. The van der Waals surface area contributed by atoms with E-state index in [0.29, 0.717) is 35.5 Å². The van der Waals surface area contributed by atoms with Gasteiger partial charge in [0.1, 0.15) is 6.10 Å². The van der Waals surface area contributed by atoms with Gasteiger partial charge in [0.2, 0.25) is 0 Å². The Bertz CT molecular complexity index is 1740. The number of likely N-dealkylation sites (N-methyl/N-ethyl adjacent to an activating group) is 1. The Labute approximate surface area is 283 Å². The van der Waals surface area contributed by atoms with Crippen molar-refractivity contribution in [3.63, 3.8) is 0 Å². The molecule has 1 aliphatic heterocycles. The Hall–Kier alpha value is -5.17. The van der Waals surface area contributed by atoms with Crippen molar-refractivity contribution in [3.05, 3.63) is 126 Å². The van der Waals surface area contributed by atoms with Crippen molar-refractivity contribution in [1.29, 1.82) is 0 Å². The SMILES string of the molecule is CCN1C(=O)C(=Cc2ccc(N(c3ccccc3)c3ccccc3)cc2)OC1=Nc1ccccc1C(=O)OC1CC(C)CCC1C(C)C. The fourth-order valence-electron chi connectivity index (χ4n) is 6.64. The predicted octanol–water partition coefficient (Wildman–Crippen LogP) is 9.68. The van der Waals surface area contributed by atoms with Crippen LogP contribution in [0.25, 0.3) is 6.08 Å². The van der Waals surface area contributed by atoms with Crippen LogP contribution < -0.4 is 4.90 Å². The Morgan fingerprint density at radius 2 is 1.50 bits per heavy atom. The van der Waals surface area contributed by atoms with Crippen LogP contribution in [-0.4, -0.2) is 35.4 Å². The molecule has 1 saturated heterocycles. The number of benzene rings is 4. The highest BCUT2D eigenvalue weighted by atomic mass is 16.5. The summed E-state index contributed by atoms with van der Waals surface area (Å²) in [5.41, 5.74) is 4.64. The summed E-state index contributed by atoms with van der Waals surface area (Å²) in [6.45, 7) is 8.83. The minimum Gasteiger partial charge on any atom is -0.458 e. The minimum absolute atomic E-state index is 0.133. The lowest BCUT2D eigenvalue weighted by molar-refractivity contribution is -0.122. The van der Waals surface area contributed by atoms with Crippen LogP contribution >= 0.6 is 0 Å². The molecule has 4 aromatic rings. The number of carbonyl (C=O) groups excluding carboxylic acids is 2. The van der Waals surface area contributed by atoms with Gasteiger partial charge in [-0.2, -0.15) is 4.99 Å². The standard InChI is InChI=1S/C41H43N3O4/c1-5-43-39(45)38(27-30-21-23-33(24-22-30)44(31-14-8-6-9-15-31)32-16-10-7-11-17-32)48-41(43)42-36-19-13-12-18-35(36)40(46)47-37-26-29(4)20-25-34(37)28(2)3/h6-19,21-24,27-29,34,37H,5,20,25-26H2,1-4H3. The van der Waals surface area contributed by atoms with E-state index in [1.807, 2.05) is 73.7 Å². The van der Waals surface area contributed by atoms with Gasteiger partial charge in [-0.25, -0.2) is 4.79 Å². The second-order valence-corrected chi connectivity index (χ2v) is 12.9. The largest absolute Gasteiger partial charge is 0.458 e. The number of ether oxygens (including phenoxy) is 2. The molecule has 2 fully saturated rings. The molecule has 48 heavy (non-hydrogen) atoms. The number of carbonyl (C=O) groups is 2. The number of aliphatic imine (C=N–C) groups is 1. The van der Waals surface area contributed by atoms with E-state index in [1.54, 1.807) is 24.3 Å². The first-order valence-electron chi connectivity index (χ1n) is 16.9. The molecule has 1 aliphatic carbocycles. The lowest BCUT2D eigenvalue weighted by Gasteiger charge is -2.36. The number of anilines is 3.